The third-order valence-electron chi connectivity index (χ3n) is 8.89. The Balaban J connectivity index is 1.37. The van der Waals surface area contributed by atoms with Crippen molar-refractivity contribution >= 4 is 23.9 Å². The molecule has 5 atom stereocenters. The SMILES string of the molecule is C=CC1CC1(NC(=O)C1CC(n2nnc(Cc3ccc(-c4ccccc4)cc3)n2)CN1C(=O)C(NC(=O)OC(C)(C)C)C(C)(C)C)C(=O)O. The molecule has 5 rings (SSSR count). The highest BCUT2D eigenvalue weighted by molar-refractivity contribution is 5.96. The van der Waals surface area contributed by atoms with Gasteiger partial charge < -0.3 is 25.4 Å². The summed E-state index contributed by atoms with van der Waals surface area (Å²) in [6.07, 6.45) is 1.47. The molecule has 13 heteroatoms. The van der Waals surface area contributed by atoms with Gasteiger partial charge >= 0.3 is 12.1 Å². The molecule has 0 bridgehead atoms. The molecule has 2 fully saturated rings. The Hall–Kier alpha value is -5.07. The van der Waals surface area contributed by atoms with E-state index in [0.717, 1.165) is 16.7 Å². The van der Waals surface area contributed by atoms with E-state index in [4.69, 9.17) is 4.74 Å². The number of nitrogens with one attached hydrogen (secondary N) is 2. The van der Waals surface area contributed by atoms with Crippen molar-refractivity contribution in [2.75, 3.05) is 6.54 Å². The molecule has 3 amide bonds. The van der Waals surface area contributed by atoms with Gasteiger partial charge in [0.2, 0.25) is 11.8 Å². The Morgan fingerprint density at radius 1 is 1.04 bits per heavy atom. The molecule has 1 saturated heterocycles. The average molecular weight is 672 g/mol. The van der Waals surface area contributed by atoms with Gasteiger partial charge in [-0.3, -0.25) is 9.59 Å². The third-order valence-corrected chi connectivity index (χ3v) is 8.89. The number of carbonyl (C=O) groups is 4. The molecular weight excluding hydrogens is 626 g/mol. The molecule has 5 unspecified atom stereocenters. The van der Waals surface area contributed by atoms with Crippen LogP contribution in [0.5, 0.6) is 0 Å². The van der Waals surface area contributed by atoms with Crippen LogP contribution in [0.15, 0.2) is 67.3 Å². The predicted octanol–water partition coefficient (Wildman–Crippen LogP) is 4.16. The number of hydrogen-bond donors (Lipinski definition) is 3. The van der Waals surface area contributed by atoms with E-state index in [2.05, 4.69) is 32.6 Å². The van der Waals surface area contributed by atoms with Crippen LogP contribution in [0.3, 0.4) is 0 Å². The standard InChI is InChI=1S/C36H45N7O6/c1-8-25-20-36(25,32(46)47)38-30(44)27-19-26(21-42(27)31(45)29(34(2,3)4)37-33(48)49-35(5,6)7)43-40-28(39-41-43)18-22-14-16-24(17-15-22)23-12-10-9-11-13-23/h8-17,25-27,29H,1,18-21H2,2-7H3,(H,37,48)(H,38,44)(H,46,47). The maximum atomic E-state index is 14.3. The van der Waals surface area contributed by atoms with Crippen molar-refractivity contribution in [3.8, 4) is 11.1 Å². The number of carbonyl (C=O) groups excluding carboxylic acids is 3. The van der Waals surface area contributed by atoms with Crippen molar-refractivity contribution in [3.05, 3.63) is 78.6 Å². The van der Waals surface area contributed by atoms with Crippen molar-refractivity contribution in [2.24, 2.45) is 11.3 Å². The largest absolute Gasteiger partial charge is 0.479 e. The lowest BCUT2D eigenvalue weighted by molar-refractivity contribution is -0.146. The lowest BCUT2D eigenvalue weighted by Crippen LogP contribution is -2.59. The summed E-state index contributed by atoms with van der Waals surface area (Å²) < 4.78 is 5.44. The predicted molar refractivity (Wildman–Crippen MR) is 181 cm³/mol. The quantitative estimate of drug-likeness (QED) is 0.268. The summed E-state index contributed by atoms with van der Waals surface area (Å²) in [4.78, 5) is 55.9. The Bertz CT molecular complexity index is 1710. The molecule has 1 aliphatic heterocycles. The number of ether oxygens (including phenoxy) is 1. The summed E-state index contributed by atoms with van der Waals surface area (Å²) in [7, 11) is 0. The van der Waals surface area contributed by atoms with Gasteiger partial charge in [-0.25, -0.2) is 9.59 Å². The zero-order valence-corrected chi connectivity index (χ0v) is 28.8. The summed E-state index contributed by atoms with van der Waals surface area (Å²) >= 11 is 0. The molecule has 0 spiro atoms. The first kappa shape index (κ1) is 35.2. The van der Waals surface area contributed by atoms with Crippen LogP contribution in [0.1, 0.15) is 71.8 Å². The number of alkyl carbamates (subject to hydrolysis) is 1. The van der Waals surface area contributed by atoms with Crippen molar-refractivity contribution in [2.45, 2.75) is 90.1 Å². The summed E-state index contributed by atoms with van der Waals surface area (Å²) in [6.45, 7) is 14.3. The molecule has 3 N–H and O–H groups in total. The van der Waals surface area contributed by atoms with Crippen LogP contribution in [-0.2, 0) is 25.5 Å². The fourth-order valence-corrected chi connectivity index (χ4v) is 6.14. The van der Waals surface area contributed by atoms with Crippen molar-refractivity contribution in [1.82, 2.24) is 35.7 Å². The van der Waals surface area contributed by atoms with E-state index in [-0.39, 0.29) is 19.4 Å². The van der Waals surface area contributed by atoms with Crippen LogP contribution in [0, 0.1) is 11.3 Å². The zero-order valence-electron chi connectivity index (χ0n) is 28.8. The minimum Gasteiger partial charge on any atom is -0.479 e. The number of rotatable bonds is 10. The Labute approximate surface area is 286 Å². The summed E-state index contributed by atoms with van der Waals surface area (Å²) in [5.41, 5.74) is 0.136. The fraction of sp³-hybridized carbons (Fsp3) is 0.472. The summed E-state index contributed by atoms with van der Waals surface area (Å²) in [5, 5.41) is 28.5. The first-order chi connectivity index (χ1) is 23.0. The van der Waals surface area contributed by atoms with Crippen LogP contribution in [0.2, 0.25) is 0 Å². The topological polar surface area (TPSA) is 169 Å². The lowest BCUT2D eigenvalue weighted by Gasteiger charge is -2.36. The maximum absolute atomic E-state index is 14.3. The second-order valence-electron chi connectivity index (χ2n) is 14.9. The van der Waals surface area contributed by atoms with E-state index < -0.39 is 64.5 Å². The van der Waals surface area contributed by atoms with Crippen molar-refractivity contribution < 1.29 is 29.0 Å². The van der Waals surface area contributed by atoms with Gasteiger partial charge in [0.15, 0.2) is 5.82 Å². The number of amides is 3. The first-order valence-corrected chi connectivity index (χ1v) is 16.4. The monoisotopic (exact) mass is 671 g/mol. The molecule has 13 nitrogen and oxygen atoms in total. The normalized spacial score (nSPS) is 22.6. The second-order valence-corrected chi connectivity index (χ2v) is 14.9. The van der Waals surface area contributed by atoms with Crippen molar-refractivity contribution in [3.63, 3.8) is 0 Å². The Morgan fingerprint density at radius 2 is 1.69 bits per heavy atom. The van der Waals surface area contributed by atoms with Crippen LogP contribution in [0.4, 0.5) is 4.79 Å². The maximum Gasteiger partial charge on any atom is 0.408 e. The lowest BCUT2D eigenvalue weighted by atomic mass is 9.85. The molecule has 1 aromatic heterocycles. The number of aromatic nitrogens is 4. The number of tetrazole rings is 1. The van der Waals surface area contributed by atoms with Crippen LogP contribution < -0.4 is 10.6 Å². The molecule has 0 radical (unpaired) electrons. The molecule has 2 aliphatic rings. The van der Waals surface area contributed by atoms with E-state index in [1.807, 2.05) is 54.6 Å². The van der Waals surface area contributed by atoms with Gasteiger partial charge in [0, 0.05) is 25.3 Å². The Kier molecular flexibility index (Phi) is 9.67. The molecule has 2 aromatic carbocycles. The zero-order chi connectivity index (χ0) is 35.7. The number of nitrogens with zero attached hydrogens (tertiary/aromatic N) is 5. The molecule has 3 aromatic rings. The van der Waals surface area contributed by atoms with Gasteiger partial charge in [-0.1, -0.05) is 81.4 Å². The van der Waals surface area contributed by atoms with E-state index in [9.17, 15) is 24.3 Å². The number of benzene rings is 2. The second kappa shape index (κ2) is 13.4. The van der Waals surface area contributed by atoms with Gasteiger partial charge in [-0.15, -0.1) is 16.8 Å². The minimum atomic E-state index is -1.49. The van der Waals surface area contributed by atoms with Crippen molar-refractivity contribution in [1.29, 1.82) is 0 Å². The first-order valence-electron chi connectivity index (χ1n) is 16.4. The molecule has 49 heavy (non-hydrogen) atoms. The number of likely N-dealkylation sites (tertiary alicyclic amines) is 1. The smallest absolute Gasteiger partial charge is 0.408 e. The summed E-state index contributed by atoms with van der Waals surface area (Å²) in [6, 6.07) is 15.5. The number of carboxylic acid groups (broad SMARTS) is 1. The van der Waals surface area contributed by atoms with Crippen LogP contribution >= 0.6 is 0 Å². The van der Waals surface area contributed by atoms with Crippen LogP contribution in [-0.4, -0.2) is 83.9 Å². The minimum absolute atomic E-state index is 0.0338. The third kappa shape index (κ3) is 7.98. The fourth-order valence-electron chi connectivity index (χ4n) is 6.14. The molecule has 1 aliphatic carbocycles. The van der Waals surface area contributed by atoms with Crippen LogP contribution in [0.25, 0.3) is 11.1 Å². The van der Waals surface area contributed by atoms with E-state index in [0.29, 0.717) is 12.2 Å². The molecule has 260 valence electrons. The van der Waals surface area contributed by atoms with Gasteiger partial charge in [0.05, 0.1) is 6.04 Å². The van der Waals surface area contributed by atoms with Gasteiger partial charge in [0.25, 0.3) is 0 Å². The highest BCUT2D eigenvalue weighted by atomic mass is 16.6. The number of carboxylic acids is 1. The molecule has 1 saturated carbocycles. The van der Waals surface area contributed by atoms with Gasteiger partial charge in [-0.05, 0) is 54.5 Å². The highest BCUT2D eigenvalue weighted by Crippen LogP contribution is 2.45. The van der Waals surface area contributed by atoms with E-state index in [1.54, 1.807) is 41.5 Å². The van der Waals surface area contributed by atoms with E-state index >= 15 is 0 Å². The van der Waals surface area contributed by atoms with Gasteiger partial charge in [-0.2, -0.15) is 4.80 Å². The number of aliphatic carboxylic acids is 1. The number of hydrogen-bond acceptors (Lipinski definition) is 8. The molecular formula is C36H45N7O6. The summed E-state index contributed by atoms with van der Waals surface area (Å²) in [5.74, 6) is -2.27. The molecule has 2 heterocycles. The van der Waals surface area contributed by atoms with E-state index in [1.165, 1.54) is 15.8 Å². The Morgan fingerprint density at radius 3 is 2.27 bits per heavy atom. The van der Waals surface area contributed by atoms with Gasteiger partial charge in [0.1, 0.15) is 23.2 Å². The average Bonchev–Trinajstić information content (AvgIpc) is 3.32. The highest BCUT2D eigenvalue weighted by Gasteiger charge is 2.61.